The highest BCUT2D eigenvalue weighted by Gasteiger charge is 2.33. The van der Waals surface area contributed by atoms with Crippen molar-refractivity contribution in [3.8, 4) is 22.3 Å². The van der Waals surface area contributed by atoms with E-state index in [1.807, 2.05) is 0 Å². The minimum Gasteiger partial charge on any atom is -0.488 e. The molecule has 1 unspecified atom stereocenters. The van der Waals surface area contributed by atoms with Crippen LogP contribution in [0.4, 0.5) is 19.0 Å². The van der Waals surface area contributed by atoms with Crippen molar-refractivity contribution in [3.05, 3.63) is 36.2 Å². The summed E-state index contributed by atoms with van der Waals surface area (Å²) in [5.41, 5.74) is 2.28. The zero-order chi connectivity index (χ0) is 21.0. The van der Waals surface area contributed by atoms with E-state index in [-0.39, 0.29) is 18.3 Å². The van der Waals surface area contributed by atoms with Crippen LogP contribution in [0.2, 0.25) is 0 Å². The first-order valence-electron chi connectivity index (χ1n) is 9.15. The molecular formula is C18H17F3N6O2S. The Kier molecular flexibility index (Phi) is 5.93. The molecule has 1 aliphatic heterocycles. The number of aromatic nitrogens is 5. The Labute approximate surface area is 173 Å². The third-order valence-electron chi connectivity index (χ3n) is 4.47. The van der Waals surface area contributed by atoms with Crippen molar-refractivity contribution in [2.75, 3.05) is 24.6 Å². The fraction of sp³-hybridized carbons (Fsp3) is 0.389. The Balaban J connectivity index is 1.40. The van der Waals surface area contributed by atoms with Gasteiger partial charge >= 0.3 is 6.36 Å². The second kappa shape index (κ2) is 8.78. The highest BCUT2D eigenvalue weighted by atomic mass is 32.1. The van der Waals surface area contributed by atoms with Gasteiger partial charge in [0.15, 0.2) is 10.8 Å². The lowest BCUT2D eigenvalue weighted by molar-refractivity contribution is -0.276. The van der Waals surface area contributed by atoms with E-state index in [9.17, 15) is 13.2 Å². The van der Waals surface area contributed by atoms with Crippen LogP contribution in [0.15, 0.2) is 36.2 Å². The number of ether oxygens (including phenoxy) is 2. The molecule has 1 fully saturated rings. The molecule has 3 aromatic heterocycles. The molecule has 4 rings (SSSR count). The van der Waals surface area contributed by atoms with Crippen LogP contribution in [-0.4, -0.2) is 51.2 Å². The molecule has 0 spiro atoms. The molecule has 0 bridgehead atoms. The Morgan fingerprint density at radius 2 is 2.17 bits per heavy atom. The van der Waals surface area contributed by atoms with Gasteiger partial charge in [-0.15, -0.1) is 23.4 Å². The number of hydrogen-bond donors (Lipinski definition) is 0. The maximum absolute atomic E-state index is 12.5. The molecule has 3 aromatic rings. The largest absolute Gasteiger partial charge is 0.574 e. The average Bonchev–Trinajstić information content (AvgIpc) is 3.27. The lowest BCUT2D eigenvalue weighted by Crippen LogP contribution is -2.38. The Bertz CT molecular complexity index is 973. The van der Waals surface area contributed by atoms with Gasteiger partial charge in [-0.2, -0.15) is 0 Å². The first-order chi connectivity index (χ1) is 14.5. The number of nitrogens with zero attached hydrogens (tertiary/aromatic N) is 6. The Morgan fingerprint density at radius 3 is 2.97 bits per heavy atom. The van der Waals surface area contributed by atoms with Crippen LogP contribution in [0.25, 0.3) is 10.7 Å². The molecule has 30 heavy (non-hydrogen) atoms. The summed E-state index contributed by atoms with van der Waals surface area (Å²) in [7, 11) is 0. The van der Waals surface area contributed by atoms with Crippen LogP contribution in [0, 0.1) is 5.92 Å². The van der Waals surface area contributed by atoms with Crippen molar-refractivity contribution in [3.63, 3.8) is 0 Å². The maximum atomic E-state index is 12.5. The fourth-order valence-corrected chi connectivity index (χ4v) is 3.69. The van der Waals surface area contributed by atoms with Gasteiger partial charge in [0, 0.05) is 25.2 Å². The molecule has 0 amide bonds. The molecule has 0 N–H and O–H groups in total. The Morgan fingerprint density at radius 1 is 1.27 bits per heavy atom. The van der Waals surface area contributed by atoms with E-state index in [0.29, 0.717) is 17.2 Å². The van der Waals surface area contributed by atoms with Crippen molar-refractivity contribution in [2.24, 2.45) is 5.92 Å². The van der Waals surface area contributed by atoms with Crippen LogP contribution in [-0.2, 0) is 0 Å². The molecule has 1 saturated heterocycles. The van der Waals surface area contributed by atoms with Gasteiger partial charge in [-0.25, -0.2) is 9.97 Å². The smallest absolute Gasteiger partial charge is 0.488 e. The van der Waals surface area contributed by atoms with Crippen LogP contribution in [0.3, 0.4) is 0 Å². The summed E-state index contributed by atoms with van der Waals surface area (Å²) in [4.78, 5) is 14.6. The first kappa shape index (κ1) is 20.3. The molecule has 0 radical (unpaired) electrons. The minimum absolute atomic E-state index is 0.0370. The summed E-state index contributed by atoms with van der Waals surface area (Å²) < 4.78 is 47.2. The summed E-state index contributed by atoms with van der Waals surface area (Å²) in [5.74, 6) is 0.192. The SMILES string of the molecule is FC(F)(F)Oc1ncccc1OCC1CCCN(c2cncc(-c3nncs3)n2)C1. The van der Waals surface area contributed by atoms with E-state index in [1.54, 1.807) is 17.9 Å². The quantitative estimate of drug-likeness (QED) is 0.577. The molecule has 158 valence electrons. The molecule has 4 heterocycles. The summed E-state index contributed by atoms with van der Waals surface area (Å²) in [6.45, 7) is 1.68. The predicted molar refractivity (Wildman–Crippen MR) is 102 cm³/mol. The van der Waals surface area contributed by atoms with Crippen molar-refractivity contribution in [1.82, 2.24) is 25.1 Å². The molecule has 1 aliphatic rings. The van der Waals surface area contributed by atoms with Gasteiger partial charge in [-0.05, 0) is 25.0 Å². The number of anilines is 1. The van der Waals surface area contributed by atoms with E-state index in [1.165, 1.54) is 29.7 Å². The fourth-order valence-electron chi connectivity index (χ4n) is 3.18. The zero-order valence-corrected chi connectivity index (χ0v) is 16.4. The van der Waals surface area contributed by atoms with Gasteiger partial charge < -0.3 is 14.4 Å². The molecule has 0 aromatic carbocycles. The number of hydrogen-bond acceptors (Lipinski definition) is 9. The molecule has 0 aliphatic carbocycles. The second-order valence-corrected chi connectivity index (χ2v) is 7.46. The summed E-state index contributed by atoms with van der Waals surface area (Å²) in [5, 5.41) is 8.52. The number of rotatable bonds is 6. The van der Waals surface area contributed by atoms with Crippen molar-refractivity contribution >= 4 is 17.2 Å². The van der Waals surface area contributed by atoms with Gasteiger partial charge in [-0.1, -0.05) is 11.3 Å². The summed E-state index contributed by atoms with van der Waals surface area (Å²) in [6.07, 6.45) is 1.50. The molecule has 1 atom stereocenters. The molecule has 0 saturated carbocycles. The average molecular weight is 438 g/mol. The van der Waals surface area contributed by atoms with E-state index in [4.69, 9.17) is 4.74 Å². The number of piperidine rings is 1. The van der Waals surface area contributed by atoms with Crippen LogP contribution < -0.4 is 14.4 Å². The van der Waals surface area contributed by atoms with Gasteiger partial charge in [0.1, 0.15) is 17.0 Å². The van der Waals surface area contributed by atoms with Crippen LogP contribution in [0.5, 0.6) is 11.6 Å². The standard InChI is InChI=1S/C18H17F3N6O2S/c19-18(20,21)29-16-14(4-1-5-23-16)28-10-12-3-2-6-27(9-12)15-8-22-7-13(25-15)17-26-24-11-30-17/h1,4-5,7-8,11-12H,2-3,6,9-10H2. The van der Waals surface area contributed by atoms with Crippen LogP contribution in [0.1, 0.15) is 12.8 Å². The van der Waals surface area contributed by atoms with Crippen LogP contribution >= 0.6 is 11.3 Å². The number of halogens is 3. The van der Waals surface area contributed by atoms with Crippen molar-refractivity contribution in [1.29, 1.82) is 0 Å². The third kappa shape index (κ3) is 5.12. The molecule has 8 nitrogen and oxygen atoms in total. The van der Waals surface area contributed by atoms with Gasteiger partial charge in [0.05, 0.1) is 19.0 Å². The third-order valence-corrected chi connectivity index (χ3v) is 5.18. The maximum Gasteiger partial charge on any atom is 0.574 e. The second-order valence-electron chi connectivity index (χ2n) is 6.63. The van der Waals surface area contributed by atoms with E-state index >= 15 is 0 Å². The molecular weight excluding hydrogens is 421 g/mol. The lowest BCUT2D eigenvalue weighted by atomic mass is 9.99. The van der Waals surface area contributed by atoms with Gasteiger partial charge in [0.25, 0.3) is 5.88 Å². The van der Waals surface area contributed by atoms with E-state index in [2.05, 4.69) is 34.8 Å². The van der Waals surface area contributed by atoms with E-state index in [0.717, 1.165) is 25.2 Å². The van der Waals surface area contributed by atoms with Gasteiger partial charge in [-0.3, -0.25) is 4.98 Å². The number of alkyl halides is 3. The molecule has 12 heteroatoms. The van der Waals surface area contributed by atoms with E-state index < -0.39 is 12.2 Å². The predicted octanol–water partition coefficient (Wildman–Crippen LogP) is 3.58. The van der Waals surface area contributed by atoms with Crippen molar-refractivity contribution in [2.45, 2.75) is 19.2 Å². The monoisotopic (exact) mass is 438 g/mol. The minimum atomic E-state index is -4.83. The topological polar surface area (TPSA) is 86.2 Å². The summed E-state index contributed by atoms with van der Waals surface area (Å²) >= 11 is 1.38. The van der Waals surface area contributed by atoms with Gasteiger partial charge in [0.2, 0.25) is 0 Å². The highest BCUT2D eigenvalue weighted by Crippen LogP contribution is 2.31. The first-order valence-corrected chi connectivity index (χ1v) is 10.0. The summed E-state index contributed by atoms with van der Waals surface area (Å²) in [6, 6.07) is 2.91. The lowest BCUT2D eigenvalue weighted by Gasteiger charge is -2.33. The van der Waals surface area contributed by atoms with Crippen molar-refractivity contribution < 1.29 is 22.6 Å². The zero-order valence-electron chi connectivity index (χ0n) is 15.6. The number of pyridine rings is 1. The normalized spacial score (nSPS) is 17.0. The highest BCUT2D eigenvalue weighted by molar-refractivity contribution is 7.12. The Hall–Kier alpha value is -3.02.